The molecule has 7 nitrogen and oxygen atoms in total. The quantitative estimate of drug-likeness (QED) is 0.128. The molecule has 3 aromatic heterocycles. The largest absolute Gasteiger partial charge is 0.509 e. The third kappa shape index (κ3) is 10.5. The molecule has 0 amide bonds. The maximum absolute atomic E-state index is 7.99. The maximum Gasteiger partial charge on any atom is 0.229 e. The van der Waals surface area contributed by atoms with Gasteiger partial charge in [-0.2, -0.15) is 6.07 Å². The molecule has 8 heteroatoms. The van der Waals surface area contributed by atoms with Crippen molar-refractivity contribution in [3.63, 3.8) is 0 Å². The number of para-hydroxylation sites is 4. The number of ether oxygens (including phenoxy) is 1. The molecule has 0 unspecified atom stereocenters. The fraction of sp³-hybridized carbons (Fsp3) is 0.228. The third-order valence-corrected chi connectivity index (χ3v) is 17.2. The molecule has 0 aliphatic carbocycles. The molecule has 0 spiro atoms. The van der Waals surface area contributed by atoms with E-state index in [0.717, 1.165) is 94.5 Å². The fourth-order valence-corrected chi connectivity index (χ4v) is 12.5. The first-order chi connectivity index (χ1) is 41.1. The number of pyridine rings is 1. The molecule has 0 saturated heterocycles. The Morgan fingerprint density at radius 1 is 0.540 bits per heavy atom. The number of hydrogen-bond donors (Lipinski definition) is 0. The van der Waals surface area contributed by atoms with E-state index in [9.17, 15) is 0 Å². The van der Waals surface area contributed by atoms with Gasteiger partial charge in [-0.05, 0) is 114 Å². The Bertz CT molecular complexity index is 4570. The number of benzene rings is 9. The van der Waals surface area contributed by atoms with Crippen LogP contribution in [0.3, 0.4) is 0 Å². The second kappa shape index (κ2) is 22.2. The Labute approximate surface area is 527 Å². The summed E-state index contributed by atoms with van der Waals surface area (Å²) in [5, 5.41) is 3.69. The second-order valence-electron chi connectivity index (χ2n) is 26.8. The molecule has 1 aliphatic rings. The smallest absolute Gasteiger partial charge is 0.229 e. The number of fused-ring (bicyclic) bond motifs is 8. The Kier molecular flexibility index (Phi) is 15.0. The minimum Gasteiger partial charge on any atom is -0.509 e. The molecule has 4 heterocycles. The van der Waals surface area contributed by atoms with Crippen LogP contribution in [-0.4, -0.2) is 9.55 Å². The average Bonchev–Trinajstić information content (AvgIpc) is 1.67. The summed E-state index contributed by atoms with van der Waals surface area (Å²) in [6.45, 7) is 39.6. The molecular formula is C79H72N5O2Pt-3. The van der Waals surface area contributed by atoms with Gasteiger partial charge in [-0.3, -0.25) is 0 Å². The standard InChI is InChI=1S/C79H72N5O2.Pt/c1-48(2)59-20-17-21-60(49(3)4)72(59)52-42-56(82-47-83(68-27-16-15-26-67(68)82)74-61(50-28-32-53(33-29-50)77(5,6)7)22-18-23-62(74)51-30-34-54(35-31-51)78(8,9)10)45-58(43-52)85-57-36-37-65-70(46-57)84(71-44-55(40-41-81-71)79(11,12)13)69-39-38-64-63-24-19-25-66(80-14)75(63)86-76(64)73(65)69;/h15-44,47-49H,1-13H3;/q-3;. The summed E-state index contributed by atoms with van der Waals surface area (Å²) in [7, 11) is 0. The van der Waals surface area contributed by atoms with Crippen molar-refractivity contribution in [2.45, 2.75) is 118 Å². The van der Waals surface area contributed by atoms with Crippen LogP contribution in [0.5, 0.6) is 11.5 Å². The van der Waals surface area contributed by atoms with E-state index in [2.05, 4.69) is 280 Å². The predicted molar refractivity (Wildman–Crippen MR) is 358 cm³/mol. The van der Waals surface area contributed by atoms with Crippen LogP contribution in [0.4, 0.5) is 28.4 Å². The fourth-order valence-electron chi connectivity index (χ4n) is 12.5. The first-order valence-electron chi connectivity index (χ1n) is 30.1. The first kappa shape index (κ1) is 58.7. The van der Waals surface area contributed by atoms with Crippen LogP contribution in [0, 0.1) is 25.4 Å². The van der Waals surface area contributed by atoms with E-state index in [1.54, 1.807) is 0 Å². The zero-order valence-electron chi connectivity index (χ0n) is 51.9. The van der Waals surface area contributed by atoms with Crippen molar-refractivity contribution in [1.29, 1.82) is 0 Å². The normalized spacial score (nSPS) is 12.9. The van der Waals surface area contributed by atoms with E-state index in [0.29, 0.717) is 28.4 Å². The van der Waals surface area contributed by atoms with Crippen LogP contribution in [0.1, 0.15) is 130 Å². The Hall–Kier alpha value is -8.69. The van der Waals surface area contributed by atoms with Crippen LogP contribution in [-0.2, 0) is 37.3 Å². The Morgan fingerprint density at radius 2 is 1.11 bits per heavy atom. The van der Waals surface area contributed by atoms with Gasteiger partial charge in [0.05, 0.1) is 6.57 Å². The van der Waals surface area contributed by atoms with E-state index in [4.69, 9.17) is 20.7 Å². The molecule has 0 N–H and O–H groups in total. The van der Waals surface area contributed by atoms with E-state index in [-0.39, 0.29) is 49.1 Å². The monoisotopic (exact) mass is 1320 g/mol. The summed E-state index contributed by atoms with van der Waals surface area (Å²) < 4.78 is 16.2. The number of aromatic nitrogens is 2. The van der Waals surface area contributed by atoms with Crippen molar-refractivity contribution in [3.05, 3.63) is 240 Å². The number of hydrogen-bond acceptors (Lipinski definition) is 5. The number of furan rings is 1. The number of anilines is 4. The summed E-state index contributed by atoms with van der Waals surface area (Å²) in [6, 6.07) is 70.8. The zero-order chi connectivity index (χ0) is 60.1. The maximum atomic E-state index is 7.99. The molecule has 438 valence electrons. The van der Waals surface area contributed by atoms with Crippen molar-refractivity contribution in [2.75, 3.05) is 9.80 Å². The summed E-state index contributed by atoms with van der Waals surface area (Å²) in [5.41, 5.74) is 20.4. The van der Waals surface area contributed by atoms with Gasteiger partial charge in [0.1, 0.15) is 17.0 Å². The van der Waals surface area contributed by atoms with E-state index in [1.165, 1.54) is 27.8 Å². The van der Waals surface area contributed by atoms with Crippen molar-refractivity contribution in [1.82, 2.24) is 9.55 Å². The van der Waals surface area contributed by atoms with Gasteiger partial charge in [0.2, 0.25) is 5.69 Å². The first-order valence-corrected chi connectivity index (χ1v) is 30.1. The Morgan fingerprint density at radius 3 is 1.71 bits per heavy atom. The van der Waals surface area contributed by atoms with Gasteiger partial charge in [-0.1, -0.05) is 216 Å². The minimum atomic E-state index is -0.133. The van der Waals surface area contributed by atoms with Crippen LogP contribution < -0.4 is 14.5 Å². The molecule has 12 aromatic rings. The predicted octanol–water partition coefficient (Wildman–Crippen LogP) is 22.6. The van der Waals surface area contributed by atoms with Gasteiger partial charge in [-0.25, -0.2) is 9.83 Å². The number of rotatable bonds is 10. The molecule has 13 rings (SSSR count). The van der Waals surface area contributed by atoms with Crippen LogP contribution in [0.15, 0.2) is 187 Å². The van der Waals surface area contributed by atoms with Crippen molar-refractivity contribution < 1.29 is 30.2 Å². The van der Waals surface area contributed by atoms with Crippen LogP contribution >= 0.6 is 0 Å². The molecule has 0 radical (unpaired) electrons. The van der Waals surface area contributed by atoms with Gasteiger partial charge in [0.25, 0.3) is 0 Å². The van der Waals surface area contributed by atoms with Crippen LogP contribution in [0.25, 0.3) is 87.8 Å². The summed E-state index contributed by atoms with van der Waals surface area (Å²) in [4.78, 5) is 13.5. The number of nitrogens with zero attached hydrogens (tertiary/aromatic N) is 5. The second-order valence-corrected chi connectivity index (χ2v) is 26.8. The molecule has 0 fully saturated rings. The van der Waals surface area contributed by atoms with Crippen LogP contribution in [0.2, 0.25) is 0 Å². The molecular weight excluding hydrogens is 1250 g/mol. The molecule has 87 heavy (non-hydrogen) atoms. The Balaban J connectivity index is 0.00000739. The van der Waals surface area contributed by atoms with Gasteiger partial charge in [0, 0.05) is 83.2 Å². The van der Waals surface area contributed by atoms with Gasteiger partial charge < -0.3 is 23.5 Å². The topological polar surface area (TPSA) is 51.0 Å². The molecule has 0 saturated carbocycles. The van der Waals surface area contributed by atoms with Crippen molar-refractivity contribution in [3.8, 4) is 50.7 Å². The van der Waals surface area contributed by atoms with Gasteiger partial charge >= 0.3 is 0 Å². The van der Waals surface area contributed by atoms with E-state index in [1.807, 2.05) is 30.5 Å². The molecule has 0 atom stereocenters. The average molecular weight is 1320 g/mol. The van der Waals surface area contributed by atoms with Crippen molar-refractivity contribution >= 4 is 72.2 Å². The van der Waals surface area contributed by atoms with Crippen molar-refractivity contribution in [2.24, 2.45) is 0 Å². The summed E-state index contributed by atoms with van der Waals surface area (Å²) in [5.74, 6) is 2.31. The van der Waals surface area contributed by atoms with Gasteiger partial charge in [0.15, 0.2) is 0 Å². The van der Waals surface area contributed by atoms with Gasteiger partial charge in [-0.15, -0.1) is 48.3 Å². The molecule has 0 bridgehead atoms. The molecule has 1 aliphatic heterocycles. The molecule has 9 aromatic carbocycles. The summed E-state index contributed by atoms with van der Waals surface area (Å²) in [6.07, 6.45) is 1.89. The summed E-state index contributed by atoms with van der Waals surface area (Å²) >= 11 is 0. The SMILES string of the molecule is [C-]#[N+]c1cccc2c1oc1c2ccc2c1c1ccc(Oc3[c-]c(N4[CH-]N(c5c(-c6ccc(C(C)(C)C)cc6)cccc5-c5ccc(C(C)(C)C)cc5)c5ccccc54)cc(-c4c(C(C)C)cccc4C(C)C)c3)[c-]c1n2-c1cc(C(C)(C)C)ccn1.[Pt]. The third-order valence-electron chi connectivity index (χ3n) is 17.2. The zero-order valence-corrected chi connectivity index (χ0v) is 54.2. The minimum absolute atomic E-state index is 0. The van der Waals surface area contributed by atoms with E-state index < -0.39 is 0 Å². The van der Waals surface area contributed by atoms with E-state index >= 15 is 0 Å².